The van der Waals surface area contributed by atoms with E-state index in [4.69, 9.17) is 4.18 Å². The van der Waals surface area contributed by atoms with Crippen LogP contribution in [-0.2, 0) is 20.7 Å². The van der Waals surface area contributed by atoms with Crippen molar-refractivity contribution in [3.8, 4) is 5.75 Å². The van der Waals surface area contributed by atoms with Gasteiger partial charge in [0, 0.05) is 0 Å². The molecule has 0 aliphatic heterocycles. The Morgan fingerprint density at radius 3 is 2.57 bits per heavy atom. The average molecular weight is 427 g/mol. The molecule has 5 rings (SSSR count). The van der Waals surface area contributed by atoms with Crippen LogP contribution in [-0.4, -0.2) is 19.6 Å². The van der Waals surface area contributed by atoms with Gasteiger partial charge in [-0.15, -0.1) is 0 Å². The average Bonchev–Trinajstić information content (AvgIpc) is 3.03. The normalized spacial score (nSPS) is 32.9. The predicted molar refractivity (Wildman–Crippen MR) is 116 cm³/mol. The van der Waals surface area contributed by atoms with Gasteiger partial charge in [-0.05, 0) is 104 Å². The number of aryl methyl sites for hydroxylation is 2. The smallest absolute Gasteiger partial charge is 0.297 e. The lowest BCUT2D eigenvalue weighted by Crippen LogP contribution is -2.45. The first-order valence-corrected chi connectivity index (χ1v) is 12.5. The first-order chi connectivity index (χ1) is 14.3. The molecule has 3 aliphatic carbocycles. The maximum Gasteiger partial charge on any atom is 0.297 e. The number of rotatable bonds is 3. The zero-order valence-corrected chi connectivity index (χ0v) is 18.5. The number of benzene rings is 2. The van der Waals surface area contributed by atoms with E-state index in [1.165, 1.54) is 11.1 Å². The van der Waals surface area contributed by atoms with Crippen LogP contribution in [0, 0.1) is 24.2 Å². The lowest BCUT2D eigenvalue weighted by molar-refractivity contribution is -0.00804. The van der Waals surface area contributed by atoms with Crippen LogP contribution in [0.25, 0.3) is 0 Å². The molecule has 5 atom stereocenters. The van der Waals surface area contributed by atoms with E-state index < -0.39 is 10.1 Å². The summed E-state index contributed by atoms with van der Waals surface area (Å²) in [5, 5.41) is 9.85. The summed E-state index contributed by atoms with van der Waals surface area (Å²) in [6.45, 7) is 4.20. The Hall–Kier alpha value is -1.85. The maximum atomic E-state index is 12.9. The molecular formula is C25H30O4S. The highest BCUT2D eigenvalue weighted by Gasteiger charge is 2.56. The van der Waals surface area contributed by atoms with Crippen molar-refractivity contribution in [1.29, 1.82) is 0 Å². The van der Waals surface area contributed by atoms with Gasteiger partial charge in [-0.25, -0.2) is 0 Å². The highest BCUT2D eigenvalue weighted by atomic mass is 32.2. The summed E-state index contributed by atoms with van der Waals surface area (Å²) in [4.78, 5) is 0.250. The summed E-state index contributed by atoms with van der Waals surface area (Å²) in [5.41, 5.74) is 3.61. The first kappa shape index (κ1) is 20.1. The summed E-state index contributed by atoms with van der Waals surface area (Å²) >= 11 is 0. The number of hydrogen-bond donors (Lipinski definition) is 1. The van der Waals surface area contributed by atoms with Crippen LogP contribution >= 0.6 is 0 Å². The molecule has 2 aromatic rings. The zero-order valence-electron chi connectivity index (χ0n) is 17.7. The van der Waals surface area contributed by atoms with E-state index in [9.17, 15) is 13.5 Å². The van der Waals surface area contributed by atoms with Crippen molar-refractivity contribution >= 4 is 10.1 Å². The third-order valence-corrected chi connectivity index (χ3v) is 9.51. The maximum absolute atomic E-state index is 12.9. The Kier molecular flexibility index (Phi) is 4.75. The first-order valence-electron chi connectivity index (χ1n) is 11.1. The Balaban J connectivity index is 1.39. The van der Waals surface area contributed by atoms with Crippen molar-refractivity contribution in [2.45, 2.75) is 69.3 Å². The van der Waals surface area contributed by atoms with Gasteiger partial charge in [0.15, 0.2) is 0 Å². The number of fused-ring (bicyclic) bond motifs is 5. The molecule has 0 bridgehead atoms. The van der Waals surface area contributed by atoms with E-state index in [0.29, 0.717) is 23.5 Å². The number of phenolic OH excluding ortho intramolecular Hbond substituents is 1. The van der Waals surface area contributed by atoms with Crippen LogP contribution in [0.2, 0.25) is 0 Å². The van der Waals surface area contributed by atoms with Crippen LogP contribution < -0.4 is 0 Å². The molecule has 5 heteroatoms. The van der Waals surface area contributed by atoms with Crippen molar-refractivity contribution in [3.63, 3.8) is 0 Å². The molecule has 0 aromatic heterocycles. The molecule has 0 saturated heterocycles. The minimum Gasteiger partial charge on any atom is -0.508 e. The minimum absolute atomic E-state index is 0.104. The topological polar surface area (TPSA) is 63.6 Å². The van der Waals surface area contributed by atoms with Crippen molar-refractivity contribution in [1.82, 2.24) is 0 Å². The summed E-state index contributed by atoms with van der Waals surface area (Å²) in [5.74, 6) is 1.91. The molecule has 0 amide bonds. The monoisotopic (exact) mass is 426 g/mol. The minimum atomic E-state index is -3.76. The van der Waals surface area contributed by atoms with Crippen molar-refractivity contribution in [2.24, 2.45) is 17.3 Å². The van der Waals surface area contributed by atoms with Crippen LogP contribution in [0.3, 0.4) is 0 Å². The lowest BCUT2D eigenvalue weighted by Gasteiger charge is -2.50. The van der Waals surface area contributed by atoms with Gasteiger partial charge in [0.1, 0.15) is 5.75 Å². The molecule has 2 aromatic carbocycles. The molecule has 2 fully saturated rings. The Morgan fingerprint density at radius 2 is 1.80 bits per heavy atom. The van der Waals surface area contributed by atoms with E-state index in [1.807, 2.05) is 31.2 Å². The molecule has 0 unspecified atom stereocenters. The summed E-state index contributed by atoms with van der Waals surface area (Å²) in [7, 11) is -3.76. The third-order valence-electron chi connectivity index (χ3n) is 8.18. The fraction of sp³-hybridized carbons (Fsp3) is 0.520. The van der Waals surface area contributed by atoms with Gasteiger partial charge in [0.05, 0.1) is 11.0 Å². The van der Waals surface area contributed by atoms with E-state index in [2.05, 4.69) is 13.0 Å². The Morgan fingerprint density at radius 1 is 1.03 bits per heavy atom. The zero-order chi connectivity index (χ0) is 21.1. The molecule has 0 heterocycles. The second-order valence-corrected chi connectivity index (χ2v) is 11.3. The highest BCUT2D eigenvalue weighted by molar-refractivity contribution is 7.86. The SMILES string of the molecule is Cc1ccc(S(=O)(=O)O[C@H]2CC[C@H]3[C@@H]4CCc5cc(O)ccc5[C@H]4CC[C@]23C)cc1. The van der Waals surface area contributed by atoms with Crippen LogP contribution in [0.1, 0.15) is 61.6 Å². The number of phenols is 1. The molecule has 30 heavy (non-hydrogen) atoms. The quantitative estimate of drug-likeness (QED) is 0.674. The molecule has 4 nitrogen and oxygen atoms in total. The predicted octanol–water partition coefficient (Wildman–Crippen LogP) is 5.33. The second kappa shape index (κ2) is 7.10. The molecule has 3 aliphatic rings. The van der Waals surface area contributed by atoms with E-state index in [1.54, 1.807) is 12.1 Å². The van der Waals surface area contributed by atoms with Crippen LogP contribution in [0.5, 0.6) is 5.75 Å². The fourth-order valence-corrected chi connectivity index (χ4v) is 7.79. The summed E-state index contributed by atoms with van der Waals surface area (Å²) in [6.07, 6.45) is 5.71. The third kappa shape index (κ3) is 3.18. The standard InChI is InChI=1S/C25H30O4S/c1-16-3-7-19(8-4-16)30(27,28)29-24-12-11-23-22-9-5-17-15-18(26)6-10-20(17)21(22)13-14-25(23,24)2/h3-4,6-8,10,15,21-24,26H,5,9,11-14H2,1-2H3/t21-,22-,23+,24+,25+/m1/s1. The van der Waals surface area contributed by atoms with Gasteiger partial charge < -0.3 is 5.11 Å². The van der Waals surface area contributed by atoms with Crippen molar-refractivity contribution < 1.29 is 17.7 Å². The summed E-state index contributed by atoms with van der Waals surface area (Å²) < 4.78 is 31.8. The van der Waals surface area contributed by atoms with Crippen molar-refractivity contribution in [2.75, 3.05) is 0 Å². The molecule has 0 spiro atoms. The van der Waals surface area contributed by atoms with E-state index >= 15 is 0 Å². The van der Waals surface area contributed by atoms with Gasteiger partial charge in [-0.3, -0.25) is 4.18 Å². The number of aromatic hydroxyl groups is 1. The molecule has 160 valence electrons. The largest absolute Gasteiger partial charge is 0.508 e. The molecule has 2 saturated carbocycles. The van der Waals surface area contributed by atoms with E-state index in [0.717, 1.165) is 44.1 Å². The molecular weight excluding hydrogens is 396 g/mol. The van der Waals surface area contributed by atoms with Crippen LogP contribution in [0.15, 0.2) is 47.4 Å². The summed E-state index contributed by atoms with van der Waals surface area (Å²) in [6, 6.07) is 12.8. The van der Waals surface area contributed by atoms with Crippen LogP contribution in [0.4, 0.5) is 0 Å². The van der Waals surface area contributed by atoms with Gasteiger partial charge in [-0.1, -0.05) is 30.7 Å². The van der Waals surface area contributed by atoms with Crippen molar-refractivity contribution in [3.05, 3.63) is 59.2 Å². The Bertz CT molecular complexity index is 1060. The Labute approximate surface area is 179 Å². The van der Waals surface area contributed by atoms with Gasteiger partial charge >= 0.3 is 0 Å². The highest BCUT2D eigenvalue weighted by Crippen LogP contribution is 2.61. The van der Waals surface area contributed by atoms with Gasteiger partial charge in [0.25, 0.3) is 10.1 Å². The lowest BCUT2D eigenvalue weighted by atomic mass is 9.55. The molecule has 0 radical (unpaired) electrons. The van der Waals surface area contributed by atoms with E-state index in [-0.39, 0.29) is 16.4 Å². The molecule has 1 N–H and O–H groups in total. The number of hydrogen-bond acceptors (Lipinski definition) is 4. The second-order valence-electron chi connectivity index (χ2n) is 9.77. The van der Waals surface area contributed by atoms with Gasteiger partial charge in [-0.2, -0.15) is 8.42 Å². The fourth-order valence-electron chi connectivity index (χ4n) is 6.59. The van der Waals surface area contributed by atoms with Gasteiger partial charge in [0.2, 0.25) is 0 Å².